The third-order valence-electron chi connectivity index (χ3n) is 3.28. The van der Waals surface area contributed by atoms with Crippen molar-refractivity contribution in [3.8, 4) is 5.75 Å². The van der Waals surface area contributed by atoms with Crippen molar-refractivity contribution in [2.45, 2.75) is 43.4 Å². The van der Waals surface area contributed by atoms with Gasteiger partial charge in [-0.3, -0.25) is 10.1 Å². The predicted molar refractivity (Wildman–Crippen MR) is 89.0 cm³/mol. The first-order chi connectivity index (χ1) is 10.1. The number of nitro groups is 1. The average molecular weight is 312 g/mol. The minimum Gasteiger partial charge on any atom is -0.488 e. The fourth-order valence-corrected chi connectivity index (χ4v) is 3.02. The van der Waals surface area contributed by atoms with Crippen LogP contribution in [0.4, 0.5) is 0 Å². The zero-order chi connectivity index (χ0) is 15.5. The van der Waals surface area contributed by atoms with Crippen molar-refractivity contribution in [1.82, 2.24) is 0 Å². The Hall–Kier alpha value is -1.23. The molecule has 0 aliphatic carbocycles. The average Bonchev–Trinajstić information content (AvgIpc) is 2.45. The van der Waals surface area contributed by atoms with Crippen molar-refractivity contribution in [3.63, 3.8) is 0 Å². The highest BCUT2D eigenvalue weighted by atomic mass is 32.2. The summed E-state index contributed by atoms with van der Waals surface area (Å²) in [5.74, 6) is 1.01. The van der Waals surface area contributed by atoms with Crippen LogP contribution in [-0.4, -0.2) is 30.6 Å². The van der Waals surface area contributed by atoms with Crippen molar-refractivity contribution in [2.75, 3.05) is 25.7 Å². The lowest BCUT2D eigenvalue weighted by atomic mass is 10.1. The molecule has 1 aromatic carbocycles. The van der Waals surface area contributed by atoms with Gasteiger partial charge in [-0.15, -0.1) is 0 Å². The molecule has 118 valence electrons. The highest BCUT2D eigenvalue weighted by Gasteiger charge is 2.14. The van der Waals surface area contributed by atoms with E-state index in [0.717, 1.165) is 44.5 Å². The summed E-state index contributed by atoms with van der Waals surface area (Å²) < 4.78 is 5.88. The van der Waals surface area contributed by atoms with Gasteiger partial charge >= 0.3 is 0 Å². The van der Waals surface area contributed by atoms with Gasteiger partial charge in [0.1, 0.15) is 12.5 Å². The third kappa shape index (κ3) is 7.95. The summed E-state index contributed by atoms with van der Waals surface area (Å²) in [5.41, 5.74) is 0. The van der Waals surface area contributed by atoms with Gasteiger partial charge < -0.3 is 4.74 Å². The van der Waals surface area contributed by atoms with E-state index in [1.54, 1.807) is 0 Å². The molecule has 0 amide bonds. The van der Waals surface area contributed by atoms with E-state index in [1.807, 2.05) is 12.1 Å². The minimum atomic E-state index is -0.235. The van der Waals surface area contributed by atoms with Gasteiger partial charge in [0.2, 0.25) is 6.54 Å². The van der Waals surface area contributed by atoms with Crippen LogP contribution in [0.2, 0.25) is 0 Å². The van der Waals surface area contributed by atoms with Crippen LogP contribution in [0.25, 0.3) is 0 Å². The van der Waals surface area contributed by atoms with Gasteiger partial charge in [0.05, 0.1) is 6.61 Å². The van der Waals surface area contributed by atoms with Crippen LogP contribution in [0, 0.1) is 10.1 Å². The van der Waals surface area contributed by atoms with E-state index in [2.05, 4.69) is 24.6 Å². The number of hydrogen-bond acceptors (Lipinski definition) is 3. The van der Waals surface area contributed by atoms with E-state index in [0.29, 0.717) is 6.42 Å². The van der Waals surface area contributed by atoms with E-state index >= 15 is 0 Å². The molecule has 0 aromatic heterocycles. The Kier molecular flexibility index (Phi) is 8.90. The molecule has 0 saturated carbocycles. The molecule has 0 unspecified atom stereocenters. The van der Waals surface area contributed by atoms with Gasteiger partial charge in [0, 0.05) is 22.2 Å². The van der Waals surface area contributed by atoms with E-state index in [1.165, 1.54) is 4.90 Å². The van der Waals surface area contributed by atoms with E-state index < -0.39 is 0 Å². The molecule has 1 rings (SSSR count). The molecule has 0 heterocycles. The quantitative estimate of drug-likeness (QED) is 0.269. The minimum absolute atomic E-state index is 0.107. The predicted octanol–water partition coefficient (Wildman–Crippen LogP) is 3.92. The van der Waals surface area contributed by atoms with Crippen LogP contribution in [0.5, 0.6) is 5.75 Å². The molecular weight excluding hydrogens is 286 g/mol. The molecule has 4 nitrogen and oxygen atoms in total. The van der Waals surface area contributed by atoms with E-state index in [-0.39, 0.29) is 22.4 Å². The Morgan fingerprint density at radius 1 is 1.05 bits per heavy atom. The normalized spacial score (nSPS) is 10.8. The first-order valence-electron chi connectivity index (χ1n) is 7.52. The van der Waals surface area contributed by atoms with Crippen molar-refractivity contribution in [3.05, 3.63) is 34.4 Å². The number of rotatable bonds is 11. The molecule has 0 fully saturated rings. The number of nitrogens with zero attached hydrogens (tertiary/aromatic N) is 1. The fourth-order valence-electron chi connectivity index (χ4n) is 2.14. The number of benzene rings is 1. The molecule has 1 aromatic rings. The lowest BCUT2D eigenvalue weighted by Crippen LogP contribution is -2.03. The van der Waals surface area contributed by atoms with Gasteiger partial charge in [-0.2, -0.15) is 0 Å². The summed E-state index contributed by atoms with van der Waals surface area (Å²) in [6, 6.07) is 8.24. The topological polar surface area (TPSA) is 52.4 Å². The maximum Gasteiger partial charge on any atom is 0.203 e. The van der Waals surface area contributed by atoms with Crippen LogP contribution in [0.15, 0.2) is 29.2 Å². The fraction of sp³-hybridized carbons (Fsp3) is 0.625. The monoisotopic (exact) mass is 312 g/mol. The Morgan fingerprint density at radius 3 is 2.33 bits per heavy atom. The van der Waals surface area contributed by atoms with Gasteiger partial charge in [-0.05, 0) is 25.0 Å². The molecule has 0 bridgehead atoms. The standard InChI is InChI=1S/C16H26NO3S/c1-21(2)16-12-8-7-11-15(16)20-14-10-6-4-3-5-9-13-17(18)19/h7-8,11-12H,3-6,9-10,13-14H2,1-2H3/q+1. The number of para-hydroxylation sites is 1. The molecule has 0 radical (unpaired) electrons. The maximum absolute atomic E-state index is 10.2. The number of unbranched alkanes of at least 4 members (excludes halogenated alkanes) is 5. The summed E-state index contributed by atoms with van der Waals surface area (Å²) in [4.78, 5) is 11.2. The van der Waals surface area contributed by atoms with Crippen LogP contribution < -0.4 is 4.74 Å². The first kappa shape index (κ1) is 17.8. The second-order valence-electron chi connectivity index (χ2n) is 5.29. The van der Waals surface area contributed by atoms with E-state index in [4.69, 9.17) is 4.74 Å². The van der Waals surface area contributed by atoms with Crippen LogP contribution in [-0.2, 0) is 10.9 Å². The number of hydrogen-bond donors (Lipinski definition) is 0. The second-order valence-corrected chi connectivity index (χ2v) is 7.36. The summed E-state index contributed by atoms with van der Waals surface area (Å²) in [5, 5.41) is 10.2. The first-order valence-corrected chi connectivity index (χ1v) is 9.56. The Bertz CT molecular complexity index is 424. The van der Waals surface area contributed by atoms with Crippen molar-refractivity contribution in [2.24, 2.45) is 0 Å². The Labute approximate surface area is 130 Å². The summed E-state index contributed by atoms with van der Waals surface area (Å²) in [6.07, 6.45) is 10.5. The lowest BCUT2D eigenvalue weighted by Gasteiger charge is -2.08. The second kappa shape index (κ2) is 10.5. The summed E-state index contributed by atoms with van der Waals surface area (Å²) in [6.45, 7) is 0.860. The molecule has 0 aliphatic heterocycles. The van der Waals surface area contributed by atoms with Crippen molar-refractivity contribution in [1.29, 1.82) is 0 Å². The zero-order valence-electron chi connectivity index (χ0n) is 13.0. The maximum atomic E-state index is 10.2. The highest BCUT2D eigenvalue weighted by Crippen LogP contribution is 2.23. The molecule has 0 saturated heterocycles. The van der Waals surface area contributed by atoms with Gasteiger partial charge in [-0.25, -0.2) is 0 Å². The van der Waals surface area contributed by atoms with Crippen LogP contribution >= 0.6 is 0 Å². The zero-order valence-corrected chi connectivity index (χ0v) is 13.9. The van der Waals surface area contributed by atoms with Crippen LogP contribution in [0.1, 0.15) is 38.5 Å². The van der Waals surface area contributed by atoms with Crippen molar-refractivity contribution < 1.29 is 9.66 Å². The molecule has 21 heavy (non-hydrogen) atoms. The molecule has 0 atom stereocenters. The van der Waals surface area contributed by atoms with E-state index in [9.17, 15) is 10.1 Å². The third-order valence-corrected chi connectivity index (χ3v) is 4.50. The van der Waals surface area contributed by atoms with Gasteiger partial charge in [0.25, 0.3) is 0 Å². The van der Waals surface area contributed by atoms with Gasteiger partial charge in [-0.1, -0.05) is 31.4 Å². The molecule has 0 N–H and O–H groups in total. The number of ether oxygens (including phenoxy) is 1. The Morgan fingerprint density at radius 2 is 1.67 bits per heavy atom. The summed E-state index contributed by atoms with van der Waals surface area (Å²) >= 11 is 0. The summed E-state index contributed by atoms with van der Waals surface area (Å²) in [7, 11) is 0.213. The van der Waals surface area contributed by atoms with Crippen LogP contribution in [0.3, 0.4) is 0 Å². The largest absolute Gasteiger partial charge is 0.488 e. The van der Waals surface area contributed by atoms with Gasteiger partial charge in [0.15, 0.2) is 10.6 Å². The van der Waals surface area contributed by atoms with Crippen molar-refractivity contribution >= 4 is 10.9 Å². The Balaban J connectivity index is 2.08. The smallest absolute Gasteiger partial charge is 0.203 e. The lowest BCUT2D eigenvalue weighted by molar-refractivity contribution is -0.480. The molecule has 5 heteroatoms. The highest BCUT2D eigenvalue weighted by molar-refractivity contribution is 7.95. The molecule has 0 spiro atoms. The molecule has 0 aliphatic rings. The molecular formula is C16H26NO3S+. The SMILES string of the molecule is C[S+](C)c1ccccc1OCCCCCCCC[N+](=O)[O-].